The van der Waals surface area contributed by atoms with Crippen molar-refractivity contribution in [2.75, 3.05) is 6.54 Å². The number of imidazole rings is 1. The van der Waals surface area contributed by atoms with Gasteiger partial charge in [0.2, 0.25) is 0 Å². The first-order chi connectivity index (χ1) is 7.77. The van der Waals surface area contributed by atoms with E-state index in [0.717, 1.165) is 23.2 Å². The third-order valence-corrected chi connectivity index (χ3v) is 3.20. The number of aromatic nitrogens is 2. The van der Waals surface area contributed by atoms with Crippen molar-refractivity contribution in [2.45, 2.75) is 13.3 Å². The van der Waals surface area contributed by atoms with Crippen LogP contribution >= 0.6 is 11.3 Å². The highest BCUT2D eigenvalue weighted by Gasteiger charge is 2.08. The standard InChI is InChI=1S/C11H13N3OS/c1-8-5-16-6-10(8)11(15)13-3-2-9-4-12-7-14-9/h4-7H,2-3H2,1H3,(H,12,14)(H,13,15). The van der Waals surface area contributed by atoms with Gasteiger partial charge in [-0.2, -0.15) is 11.3 Å². The van der Waals surface area contributed by atoms with Crippen LogP contribution in [-0.2, 0) is 6.42 Å². The number of amides is 1. The molecule has 2 aromatic heterocycles. The van der Waals surface area contributed by atoms with E-state index < -0.39 is 0 Å². The summed E-state index contributed by atoms with van der Waals surface area (Å²) in [6.07, 6.45) is 4.18. The molecule has 4 nitrogen and oxygen atoms in total. The molecule has 0 bridgehead atoms. The largest absolute Gasteiger partial charge is 0.352 e. The van der Waals surface area contributed by atoms with Gasteiger partial charge in [0, 0.05) is 30.2 Å². The molecule has 0 aromatic carbocycles. The van der Waals surface area contributed by atoms with Crippen LogP contribution in [0.1, 0.15) is 21.6 Å². The minimum Gasteiger partial charge on any atom is -0.352 e. The van der Waals surface area contributed by atoms with Gasteiger partial charge in [0.1, 0.15) is 0 Å². The monoisotopic (exact) mass is 235 g/mol. The van der Waals surface area contributed by atoms with Crippen molar-refractivity contribution < 1.29 is 4.79 Å². The van der Waals surface area contributed by atoms with E-state index in [9.17, 15) is 4.79 Å². The number of H-pyrrole nitrogens is 1. The van der Waals surface area contributed by atoms with E-state index in [0.29, 0.717) is 6.54 Å². The summed E-state index contributed by atoms with van der Waals surface area (Å²) in [5.74, 6) is -0.00161. The van der Waals surface area contributed by atoms with Gasteiger partial charge in [0.25, 0.3) is 5.91 Å². The van der Waals surface area contributed by atoms with E-state index in [1.807, 2.05) is 17.7 Å². The maximum absolute atomic E-state index is 11.7. The van der Waals surface area contributed by atoms with Gasteiger partial charge in [-0.05, 0) is 17.9 Å². The number of nitrogens with one attached hydrogen (secondary N) is 2. The first-order valence-corrected chi connectivity index (χ1v) is 6.00. The fourth-order valence-electron chi connectivity index (χ4n) is 1.42. The molecule has 5 heteroatoms. The summed E-state index contributed by atoms with van der Waals surface area (Å²) in [7, 11) is 0. The summed E-state index contributed by atoms with van der Waals surface area (Å²) in [6, 6.07) is 0. The molecule has 0 aliphatic heterocycles. The molecule has 0 spiro atoms. The molecule has 2 rings (SSSR count). The number of hydrogen-bond acceptors (Lipinski definition) is 3. The van der Waals surface area contributed by atoms with E-state index in [4.69, 9.17) is 0 Å². The zero-order chi connectivity index (χ0) is 11.4. The number of carbonyl (C=O) groups excluding carboxylic acids is 1. The summed E-state index contributed by atoms with van der Waals surface area (Å²) in [5.41, 5.74) is 2.83. The molecule has 1 amide bonds. The second kappa shape index (κ2) is 4.94. The lowest BCUT2D eigenvalue weighted by molar-refractivity contribution is 0.0954. The van der Waals surface area contributed by atoms with Crippen LogP contribution in [-0.4, -0.2) is 22.4 Å². The van der Waals surface area contributed by atoms with E-state index in [2.05, 4.69) is 15.3 Å². The van der Waals surface area contributed by atoms with Crippen molar-refractivity contribution in [1.29, 1.82) is 0 Å². The van der Waals surface area contributed by atoms with E-state index in [-0.39, 0.29) is 5.91 Å². The number of carbonyl (C=O) groups is 1. The van der Waals surface area contributed by atoms with E-state index in [1.165, 1.54) is 0 Å². The molecule has 0 aliphatic rings. The molecule has 0 fully saturated rings. The molecule has 0 saturated carbocycles. The van der Waals surface area contributed by atoms with Crippen LogP contribution in [0, 0.1) is 6.92 Å². The first kappa shape index (κ1) is 10.9. The van der Waals surface area contributed by atoms with Gasteiger partial charge >= 0.3 is 0 Å². The van der Waals surface area contributed by atoms with Gasteiger partial charge in [-0.25, -0.2) is 4.98 Å². The molecule has 2 heterocycles. The smallest absolute Gasteiger partial charge is 0.252 e. The summed E-state index contributed by atoms with van der Waals surface area (Å²) >= 11 is 1.55. The molecule has 84 valence electrons. The average Bonchev–Trinajstić information content (AvgIpc) is 2.88. The van der Waals surface area contributed by atoms with Crippen LogP contribution < -0.4 is 5.32 Å². The van der Waals surface area contributed by atoms with Crippen LogP contribution in [0.4, 0.5) is 0 Å². The van der Waals surface area contributed by atoms with Crippen LogP contribution in [0.25, 0.3) is 0 Å². The van der Waals surface area contributed by atoms with Crippen molar-refractivity contribution in [3.63, 3.8) is 0 Å². The van der Waals surface area contributed by atoms with Gasteiger partial charge in [-0.3, -0.25) is 4.79 Å². The Morgan fingerprint density at radius 2 is 2.44 bits per heavy atom. The molecule has 0 saturated heterocycles. The molecule has 0 atom stereocenters. The highest BCUT2D eigenvalue weighted by molar-refractivity contribution is 7.08. The quantitative estimate of drug-likeness (QED) is 0.848. The zero-order valence-corrected chi connectivity index (χ0v) is 9.80. The Bertz CT molecular complexity index is 461. The van der Waals surface area contributed by atoms with Crippen LogP contribution in [0.15, 0.2) is 23.3 Å². The predicted octanol–water partition coefficient (Wildman–Crippen LogP) is 1.75. The predicted molar refractivity (Wildman–Crippen MR) is 63.7 cm³/mol. The van der Waals surface area contributed by atoms with Crippen molar-refractivity contribution in [2.24, 2.45) is 0 Å². The van der Waals surface area contributed by atoms with Crippen LogP contribution in [0.5, 0.6) is 0 Å². The summed E-state index contributed by atoms with van der Waals surface area (Å²) in [5, 5.41) is 6.74. The number of aromatic amines is 1. The number of aryl methyl sites for hydroxylation is 1. The number of thiophene rings is 1. The summed E-state index contributed by atoms with van der Waals surface area (Å²) < 4.78 is 0. The second-order valence-corrected chi connectivity index (χ2v) is 4.29. The Morgan fingerprint density at radius 3 is 3.06 bits per heavy atom. The van der Waals surface area contributed by atoms with Crippen molar-refractivity contribution >= 4 is 17.2 Å². The van der Waals surface area contributed by atoms with Gasteiger partial charge < -0.3 is 10.3 Å². The van der Waals surface area contributed by atoms with Crippen molar-refractivity contribution in [1.82, 2.24) is 15.3 Å². The molecular weight excluding hydrogens is 222 g/mol. The highest BCUT2D eigenvalue weighted by Crippen LogP contribution is 2.12. The Balaban J connectivity index is 1.83. The minimum atomic E-state index is -0.00161. The topological polar surface area (TPSA) is 57.8 Å². The summed E-state index contributed by atoms with van der Waals surface area (Å²) in [4.78, 5) is 18.6. The van der Waals surface area contributed by atoms with Crippen molar-refractivity contribution in [3.05, 3.63) is 40.1 Å². The minimum absolute atomic E-state index is 0.00161. The Labute approximate surface area is 97.7 Å². The lowest BCUT2D eigenvalue weighted by Crippen LogP contribution is -2.25. The lowest BCUT2D eigenvalue weighted by Gasteiger charge is -2.03. The number of hydrogen-bond donors (Lipinski definition) is 2. The van der Waals surface area contributed by atoms with Gasteiger partial charge in [0.15, 0.2) is 0 Å². The first-order valence-electron chi connectivity index (χ1n) is 5.05. The van der Waals surface area contributed by atoms with Crippen LogP contribution in [0.3, 0.4) is 0 Å². The van der Waals surface area contributed by atoms with Crippen LogP contribution in [0.2, 0.25) is 0 Å². The van der Waals surface area contributed by atoms with Gasteiger partial charge in [0.05, 0.1) is 11.9 Å². The molecule has 2 aromatic rings. The summed E-state index contributed by atoms with van der Waals surface area (Å²) in [6.45, 7) is 2.57. The molecule has 2 N–H and O–H groups in total. The third kappa shape index (κ3) is 2.49. The van der Waals surface area contributed by atoms with Gasteiger partial charge in [-0.15, -0.1) is 0 Å². The molecule has 0 unspecified atom stereocenters. The Morgan fingerprint density at radius 1 is 1.56 bits per heavy atom. The van der Waals surface area contributed by atoms with E-state index >= 15 is 0 Å². The highest BCUT2D eigenvalue weighted by atomic mass is 32.1. The molecule has 0 aliphatic carbocycles. The molecule has 16 heavy (non-hydrogen) atoms. The Kier molecular flexibility index (Phi) is 3.36. The fraction of sp³-hybridized carbons (Fsp3) is 0.273. The second-order valence-electron chi connectivity index (χ2n) is 3.55. The molecule has 0 radical (unpaired) electrons. The normalized spacial score (nSPS) is 10.3. The third-order valence-electron chi connectivity index (χ3n) is 2.33. The Hall–Kier alpha value is -1.62. The zero-order valence-electron chi connectivity index (χ0n) is 8.99. The van der Waals surface area contributed by atoms with Crippen molar-refractivity contribution in [3.8, 4) is 0 Å². The maximum Gasteiger partial charge on any atom is 0.252 e. The number of nitrogens with zero attached hydrogens (tertiary/aromatic N) is 1. The van der Waals surface area contributed by atoms with E-state index in [1.54, 1.807) is 23.9 Å². The maximum atomic E-state index is 11.7. The molecular formula is C11H13N3OS. The SMILES string of the molecule is Cc1cscc1C(=O)NCCc1cnc[nH]1. The van der Waals surface area contributed by atoms with Gasteiger partial charge in [-0.1, -0.05) is 0 Å². The lowest BCUT2D eigenvalue weighted by atomic mass is 10.2. The average molecular weight is 235 g/mol. The fourth-order valence-corrected chi connectivity index (χ4v) is 2.25. The number of rotatable bonds is 4.